The summed E-state index contributed by atoms with van der Waals surface area (Å²) in [5.74, 6) is -1.54. The molecule has 0 spiro atoms. The molecule has 2 rings (SSSR count). The van der Waals surface area contributed by atoms with Crippen molar-refractivity contribution < 1.29 is 23.0 Å². The van der Waals surface area contributed by atoms with Crippen LogP contribution in [0.15, 0.2) is 42.5 Å². The Balaban J connectivity index is 2.05. The lowest BCUT2D eigenvalue weighted by atomic mass is 10.1. The lowest BCUT2D eigenvalue weighted by molar-refractivity contribution is 0.0918. The van der Waals surface area contributed by atoms with Crippen molar-refractivity contribution in [3.63, 3.8) is 0 Å². The highest BCUT2D eigenvalue weighted by atomic mass is 19.2. The van der Waals surface area contributed by atoms with Crippen LogP contribution in [0.25, 0.3) is 0 Å². The fourth-order valence-electron chi connectivity index (χ4n) is 1.74. The van der Waals surface area contributed by atoms with Crippen LogP contribution in [0.5, 0.6) is 11.5 Å². The fraction of sp³-hybridized carbons (Fsp3) is 0.188. The fourth-order valence-corrected chi connectivity index (χ4v) is 1.74. The van der Waals surface area contributed by atoms with Crippen molar-refractivity contribution in [3.8, 4) is 11.5 Å². The second-order valence-corrected chi connectivity index (χ2v) is 4.22. The van der Waals surface area contributed by atoms with E-state index in [1.807, 2.05) is 6.92 Å². The van der Waals surface area contributed by atoms with E-state index in [-0.39, 0.29) is 12.2 Å². The highest BCUT2D eigenvalue weighted by molar-refractivity contribution is 5.97. The monoisotopic (exact) mass is 292 g/mol. The average Bonchev–Trinajstić information content (AvgIpc) is 2.49. The molecule has 0 saturated carbocycles. The molecular formula is C16H14F2O3. The second kappa shape index (κ2) is 6.83. The summed E-state index contributed by atoms with van der Waals surface area (Å²) in [7, 11) is 0. The number of ketones is 1. The Kier molecular flexibility index (Phi) is 4.87. The molecule has 21 heavy (non-hydrogen) atoms. The third-order valence-corrected chi connectivity index (χ3v) is 2.75. The molecule has 0 bridgehead atoms. The first-order chi connectivity index (χ1) is 10.1. The number of benzene rings is 2. The van der Waals surface area contributed by atoms with Crippen LogP contribution in [0.2, 0.25) is 0 Å². The Labute approximate surface area is 121 Å². The zero-order valence-electron chi connectivity index (χ0n) is 11.4. The van der Waals surface area contributed by atoms with E-state index >= 15 is 0 Å². The maximum Gasteiger partial charge on any atom is 0.200 e. The maximum absolute atomic E-state index is 13.1. The van der Waals surface area contributed by atoms with Gasteiger partial charge in [0.05, 0.1) is 6.61 Å². The molecule has 0 fully saturated rings. The minimum atomic E-state index is -1.06. The molecule has 3 nitrogen and oxygen atoms in total. The molecular weight excluding hydrogens is 278 g/mol. The Bertz CT molecular complexity index is 641. The highest BCUT2D eigenvalue weighted by Crippen LogP contribution is 2.26. The van der Waals surface area contributed by atoms with Gasteiger partial charge in [-0.15, -0.1) is 0 Å². The largest absolute Gasteiger partial charge is 0.490 e. The van der Waals surface area contributed by atoms with Gasteiger partial charge in [0.15, 0.2) is 35.5 Å². The average molecular weight is 292 g/mol. The number of Topliss-reactive ketones (excluding diaryl/α,β-unsaturated/α-hetero) is 1. The molecule has 0 aliphatic rings. The second-order valence-electron chi connectivity index (χ2n) is 4.22. The van der Waals surface area contributed by atoms with Crippen LogP contribution in [0.1, 0.15) is 17.3 Å². The lowest BCUT2D eigenvalue weighted by Gasteiger charge is -2.11. The van der Waals surface area contributed by atoms with Gasteiger partial charge in [-0.3, -0.25) is 4.79 Å². The molecule has 0 aliphatic carbocycles. The van der Waals surface area contributed by atoms with Crippen LogP contribution in [-0.2, 0) is 0 Å². The molecule has 0 aromatic heterocycles. The Morgan fingerprint density at radius 2 is 1.67 bits per heavy atom. The van der Waals surface area contributed by atoms with Gasteiger partial charge in [-0.1, -0.05) is 12.1 Å². The predicted octanol–water partition coefficient (Wildman–Crippen LogP) is 3.63. The minimum Gasteiger partial charge on any atom is -0.490 e. The molecule has 2 aromatic rings. The van der Waals surface area contributed by atoms with Gasteiger partial charge in [0.2, 0.25) is 0 Å². The summed E-state index contributed by atoms with van der Waals surface area (Å²) in [6.45, 7) is 2.02. The van der Waals surface area contributed by atoms with E-state index < -0.39 is 17.4 Å². The first-order valence-corrected chi connectivity index (χ1v) is 6.44. The quantitative estimate of drug-likeness (QED) is 0.763. The van der Waals surface area contributed by atoms with Crippen LogP contribution in [0.4, 0.5) is 8.78 Å². The summed E-state index contributed by atoms with van der Waals surface area (Å²) in [6.07, 6.45) is 0. The third kappa shape index (κ3) is 3.78. The molecule has 0 atom stereocenters. The van der Waals surface area contributed by atoms with Crippen LogP contribution >= 0.6 is 0 Å². The Morgan fingerprint density at radius 1 is 1.00 bits per heavy atom. The molecule has 0 aliphatic heterocycles. The SMILES string of the molecule is CCOc1ccccc1OCC(=O)c1ccc(F)c(F)c1. The molecule has 0 saturated heterocycles. The number of para-hydroxylation sites is 2. The number of carbonyl (C=O) groups excluding carboxylic acids is 1. The number of hydrogen-bond donors (Lipinski definition) is 0. The Morgan fingerprint density at radius 3 is 2.29 bits per heavy atom. The van der Waals surface area contributed by atoms with Crippen molar-refractivity contribution in [3.05, 3.63) is 59.7 Å². The van der Waals surface area contributed by atoms with Gasteiger partial charge in [-0.05, 0) is 37.3 Å². The van der Waals surface area contributed by atoms with E-state index in [1.54, 1.807) is 24.3 Å². The summed E-state index contributed by atoms with van der Waals surface area (Å²) < 4.78 is 36.6. The van der Waals surface area contributed by atoms with Crippen LogP contribution in [0.3, 0.4) is 0 Å². The lowest BCUT2D eigenvalue weighted by Crippen LogP contribution is -2.12. The molecule has 0 radical (unpaired) electrons. The molecule has 5 heteroatoms. The van der Waals surface area contributed by atoms with E-state index in [2.05, 4.69) is 0 Å². The van der Waals surface area contributed by atoms with Crippen molar-refractivity contribution in [2.45, 2.75) is 6.92 Å². The maximum atomic E-state index is 13.1. The van der Waals surface area contributed by atoms with E-state index in [9.17, 15) is 13.6 Å². The first-order valence-electron chi connectivity index (χ1n) is 6.44. The summed E-state index contributed by atoms with van der Waals surface area (Å²) in [4.78, 5) is 11.9. The van der Waals surface area contributed by atoms with Gasteiger partial charge in [0.25, 0.3) is 0 Å². The number of halogens is 2. The molecule has 0 heterocycles. The number of rotatable bonds is 6. The van der Waals surface area contributed by atoms with Crippen molar-refractivity contribution in [1.82, 2.24) is 0 Å². The van der Waals surface area contributed by atoms with Crippen LogP contribution in [0, 0.1) is 11.6 Å². The molecule has 2 aromatic carbocycles. The predicted molar refractivity (Wildman–Crippen MR) is 73.8 cm³/mol. The summed E-state index contributed by atoms with van der Waals surface area (Å²) in [6, 6.07) is 9.92. The van der Waals surface area contributed by atoms with Crippen molar-refractivity contribution >= 4 is 5.78 Å². The van der Waals surface area contributed by atoms with Gasteiger partial charge in [-0.2, -0.15) is 0 Å². The van der Waals surface area contributed by atoms with Crippen LogP contribution < -0.4 is 9.47 Å². The van der Waals surface area contributed by atoms with E-state index in [0.717, 1.165) is 12.1 Å². The molecule has 0 N–H and O–H groups in total. The van der Waals surface area contributed by atoms with Gasteiger partial charge >= 0.3 is 0 Å². The normalized spacial score (nSPS) is 10.2. The van der Waals surface area contributed by atoms with E-state index in [0.29, 0.717) is 18.1 Å². The number of ether oxygens (including phenoxy) is 2. The van der Waals surface area contributed by atoms with Gasteiger partial charge < -0.3 is 9.47 Å². The highest BCUT2D eigenvalue weighted by Gasteiger charge is 2.12. The van der Waals surface area contributed by atoms with Gasteiger partial charge in [0, 0.05) is 5.56 Å². The number of carbonyl (C=O) groups is 1. The third-order valence-electron chi connectivity index (χ3n) is 2.75. The smallest absolute Gasteiger partial charge is 0.200 e. The Hall–Kier alpha value is -2.43. The van der Waals surface area contributed by atoms with E-state index in [1.165, 1.54) is 6.07 Å². The first kappa shape index (κ1) is 15.0. The van der Waals surface area contributed by atoms with Crippen LogP contribution in [-0.4, -0.2) is 19.0 Å². The topological polar surface area (TPSA) is 35.5 Å². The minimum absolute atomic E-state index is 0.0581. The molecule has 110 valence electrons. The van der Waals surface area contributed by atoms with Crippen molar-refractivity contribution in [2.24, 2.45) is 0 Å². The summed E-state index contributed by atoms with van der Waals surface area (Å²) in [5, 5.41) is 0. The summed E-state index contributed by atoms with van der Waals surface area (Å²) in [5.41, 5.74) is 0.0581. The standard InChI is InChI=1S/C16H14F2O3/c1-2-20-15-5-3-4-6-16(15)21-10-14(19)11-7-8-12(17)13(18)9-11/h3-9H,2,10H2,1H3. The van der Waals surface area contributed by atoms with Crippen molar-refractivity contribution in [1.29, 1.82) is 0 Å². The molecule has 0 unspecified atom stereocenters. The van der Waals surface area contributed by atoms with E-state index in [4.69, 9.17) is 9.47 Å². The molecule has 0 amide bonds. The summed E-state index contributed by atoms with van der Waals surface area (Å²) >= 11 is 0. The van der Waals surface area contributed by atoms with Gasteiger partial charge in [-0.25, -0.2) is 8.78 Å². The van der Waals surface area contributed by atoms with Gasteiger partial charge in [0.1, 0.15) is 0 Å². The zero-order chi connectivity index (χ0) is 15.2. The van der Waals surface area contributed by atoms with Crippen molar-refractivity contribution in [2.75, 3.05) is 13.2 Å². The number of hydrogen-bond acceptors (Lipinski definition) is 3. The zero-order valence-corrected chi connectivity index (χ0v) is 11.4.